The topological polar surface area (TPSA) is 75.4 Å². The minimum atomic E-state index is -0.795. The summed E-state index contributed by atoms with van der Waals surface area (Å²) in [5, 5.41) is 2.09. The van der Waals surface area contributed by atoms with Gasteiger partial charge >= 0.3 is 6.03 Å². The molecule has 0 fully saturated rings. The fraction of sp³-hybridized carbons (Fsp3) is 0.429. The molecule has 108 valence electrons. The second kappa shape index (κ2) is 6.37. The number of imide groups is 1. The van der Waals surface area contributed by atoms with Crippen molar-refractivity contribution in [1.29, 1.82) is 0 Å². The molecule has 0 unspecified atom stereocenters. The second-order valence-corrected chi connectivity index (χ2v) is 6.01. The van der Waals surface area contributed by atoms with Crippen molar-refractivity contribution in [3.63, 3.8) is 0 Å². The van der Waals surface area contributed by atoms with Crippen LogP contribution in [-0.4, -0.2) is 29.4 Å². The predicted octanol–water partition coefficient (Wildman–Crippen LogP) is 1.78. The normalized spacial score (nSPS) is 18.4. The molecule has 0 radical (unpaired) electrons. The van der Waals surface area contributed by atoms with Gasteiger partial charge in [0.15, 0.2) is 0 Å². The van der Waals surface area contributed by atoms with E-state index in [4.69, 9.17) is 5.73 Å². The van der Waals surface area contributed by atoms with Crippen LogP contribution in [0.3, 0.4) is 0 Å². The minimum absolute atomic E-state index is 0.274. The van der Waals surface area contributed by atoms with Crippen molar-refractivity contribution in [1.82, 2.24) is 10.2 Å². The number of fused-ring (bicyclic) bond motifs is 1. The fourth-order valence-corrected chi connectivity index (χ4v) is 2.92. The van der Waals surface area contributed by atoms with E-state index in [2.05, 4.69) is 51.3 Å². The van der Waals surface area contributed by atoms with Gasteiger partial charge in [-0.3, -0.25) is 15.0 Å². The van der Waals surface area contributed by atoms with Gasteiger partial charge in [0.2, 0.25) is 5.91 Å². The Labute approximate surface area is 126 Å². The summed E-state index contributed by atoms with van der Waals surface area (Å²) in [6.45, 7) is 3.59. The van der Waals surface area contributed by atoms with Gasteiger partial charge in [-0.05, 0) is 36.6 Å². The average Bonchev–Trinajstić information content (AvgIpc) is 2.36. The molecule has 1 heterocycles. The van der Waals surface area contributed by atoms with E-state index in [-0.39, 0.29) is 12.3 Å². The van der Waals surface area contributed by atoms with E-state index in [9.17, 15) is 9.59 Å². The number of hydrogen-bond donors (Lipinski definition) is 2. The number of primary amides is 1. The standard InChI is InChI=1S/C14H18BrN3O2/c1-9-6-10-2-3-12(15)7-11(10)8-18(9)5-4-13(19)17-14(16)20/h2-3,7,9H,4-6,8H2,1H3,(H3,16,17,19,20)/t9-/m0/s1. The Bertz CT molecular complexity index is 533. The van der Waals surface area contributed by atoms with E-state index in [1.807, 2.05) is 0 Å². The molecule has 1 atom stereocenters. The summed E-state index contributed by atoms with van der Waals surface area (Å²) in [6.07, 6.45) is 1.25. The van der Waals surface area contributed by atoms with Gasteiger partial charge in [-0.2, -0.15) is 0 Å². The minimum Gasteiger partial charge on any atom is -0.351 e. The highest BCUT2D eigenvalue weighted by Crippen LogP contribution is 2.26. The molecule has 5 nitrogen and oxygen atoms in total. The van der Waals surface area contributed by atoms with Gasteiger partial charge in [0.05, 0.1) is 0 Å². The first-order valence-corrected chi connectivity index (χ1v) is 7.35. The molecule has 0 spiro atoms. The number of nitrogens with zero attached hydrogens (tertiary/aromatic N) is 1. The Kier molecular flexibility index (Phi) is 4.77. The number of hydrogen-bond acceptors (Lipinski definition) is 3. The van der Waals surface area contributed by atoms with Crippen LogP contribution in [0, 0.1) is 0 Å². The first-order valence-electron chi connectivity index (χ1n) is 6.56. The second-order valence-electron chi connectivity index (χ2n) is 5.10. The van der Waals surface area contributed by atoms with Gasteiger partial charge in [-0.1, -0.05) is 22.0 Å². The molecule has 20 heavy (non-hydrogen) atoms. The zero-order chi connectivity index (χ0) is 14.7. The van der Waals surface area contributed by atoms with Gasteiger partial charge < -0.3 is 5.73 Å². The maximum atomic E-state index is 11.5. The maximum Gasteiger partial charge on any atom is 0.318 e. The van der Waals surface area contributed by atoms with E-state index in [1.165, 1.54) is 11.1 Å². The van der Waals surface area contributed by atoms with E-state index in [0.29, 0.717) is 12.6 Å². The molecule has 0 saturated heterocycles. The quantitative estimate of drug-likeness (QED) is 0.881. The molecule has 1 aliphatic heterocycles. The molecular formula is C14H18BrN3O2. The molecular weight excluding hydrogens is 322 g/mol. The number of rotatable bonds is 3. The summed E-state index contributed by atoms with van der Waals surface area (Å²) >= 11 is 3.48. The van der Waals surface area contributed by atoms with Crippen molar-refractivity contribution in [3.8, 4) is 0 Å². The van der Waals surface area contributed by atoms with Gasteiger partial charge in [0.25, 0.3) is 0 Å². The number of carbonyl (C=O) groups is 2. The van der Waals surface area contributed by atoms with E-state index < -0.39 is 6.03 Å². The highest BCUT2D eigenvalue weighted by atomic mass is 79.9. The molecule has 6 heteroatoms. The van der Waals surface area contributed by atoms with Crippen molar-refractivity contribution < 1.29 is 9.59 Å². The van der Waals surface area contributed by atoms with Crippen LogP contribution in [0.1, 0.15) is 24.5 Å². The van der Waals surface area contributed by atoms with Crippen LogP contribution in [-0.2, 0) is 17.8 Å². The van der Waals surface area contributed by atoms with E-state index in [1.54, 1.807) is 0 Å². The number of carbonyl (C=O) groups excluding carboxylic acids is 2. The lowest BCUT2D eigenvalue weighted by Gasteiger charge is -2.34. The third-order valence-corrected chi connectivity index (χ3v) is 4.06. The van der Waals surface area contributed by atoms with E-state index in [0.717, 1.165) is 17.4 Å². The molecule has 1 aromatic carbocycles. The third kappa shape index (κ3) is 3.80. The van der Waals surface area contributed by atoms with Crippen molar-refractivity contribution >= 4 is 27.9 Å². The molecule has 1 aliphatic rings. The van der Waals surface area contributed by atoms with E-state index >= 15 is 0 Å². The summed E-state index contributed by atoms with van der Waals surface area (Å²) in [5.41, 5.74) is 7.56. The first-order chi connectivity index (χ1) is 9.45. The smallest absolute Gasteiger partial charge is 0.318 e. The number of benzene rings is 1. The van der Waals surface area contributed by atoms with Crippen LogP contribution >= 0.6 is 15.9 Å². The van der Waals surface area contributed by atoms with Crippen molar-refractivity contribution in [2.24, 2.45) is 5.73 Å². The van der Waals surface area contributed by atoms with Crippen molar-refractivity contribution in [3.05, 3.63) is 33.8 Å². The maximum absolute atomic E-state index is 11.5. The molecule has 3 amide bonds. The monoisotopic (exact) mass is 339 g/mol. The number of amides is 3. The number of nitrogens with two attached hydrogens (primary N) is 1. The fourth-order valence-electron chi connectivity index (χ4n) is 2.51. The Morgan fingerprint density at radius 1 is 1.45 bits per heavy atom. The Morgan fingerprint density at radius 3 is 2.90 bits per heavy atom. The highest BCUT2D eigenvalue weighted by molar-refractivity contribution is 9.10. The third-order valence-electron chi connectivity index (χ3n) is 3.57. The van der Waals surface area contributed by atoms with Crippen molar-refractivity contribution in [2.75, 3.05) is 6.54 Å². The highest BCUT2D eigenvalue weighted by Gasteiger charge is 2.23. The van der Waals surface area contributed by atoms with Crippen LogP contribution in [0.15, 0.2) is 22.7 Å². The lowest BCUT2D eigenvalue weighted by atomic mass is 9.95. The number of nitrogens with one attached hydrogen (secondary N) is 1. The lowest BCUT2D eigenvalue weighted by Crippen LogP contribution is -2.42. The molecule has 0 aromatic heterocycles. The lowest BCUT2D eigenvalue weighted by molar-refractivity contribution is -0.120. The van der Waals surface area contributed by atoms with Crippen LogP contribution in [0.25, 0.3) is 0 Å². The average molecular weight is 340 g/mol. The molecule has 3 N–H and O–H groups in total. The molecule has 1 aromatic rings. The van der Waals surface area contributed by atoms with Gasteiger partial charge in [-0.25, -0.2) is 4.79 Å². The Hall–Kier alpha value is -1.40. The zero-order valence-electron chi connectivity index (χ0n) is 11.4. The van der Waals surface area contributed by atoms with Crippen LogP contribution < -0.4 is 11.1 Å². The van der Waals surface area contributed by atoms with Crippen LogP contribution in [0.4, 0.5) is 4.79 Å². The van der Waals surface area contributed by atoms with Crippen LogP contribution in [0.5, 0.6) is 0 Å². The molecule has 0 saturated carbocycles. The summed E-state index contributed by atoms with van der Waals surface area (Å²) < 4.78 is 1.07. The van der Waals surface area contributed by atoms with Crippen LogP contribution in [0.2, 0.25) is 0 Å². The molecule has 0 aliphatic carbocycles. The Balaban J connectivity index is 1.97. The van der Waals surface area contributed by atoms with Gasteiger partial charge in [-0.15, -0.1) is 0 Å². The first kappa shape index (κ1) is 15.0. The summed E-state index contributed by atoms with van der Waals surface area (Å²) in [5.74, 6) is -0.329. The van der Waals surface area contributed by atoms with Gasteiger partial charge in [0.1, 0.15) is 0 Å². The SMILES string of the molecule is C[C@H]1Cc2ccc(Br)cc2CN1CCC(=O)NC(N)=O. The number of urea groups is 1. The number of halogens is 1. The zero-order valence-corrected chi connectivity index (χ0v) is 12.9. The molecule has 2 rings (SSSR count). The predicted molar refractivity (Wildman–Crippen MR) is 80.1 cm³/mol. The van der Waals surface area contributed by atoms with Crippen molar-refractivity contribution in [2.45, 2.75) is 32.4 Å². The summed E-state index contributed by atoms with van der Waals surface area (Å²) in [7, 11) is 0. The summed E-state index contributed by atoms with van der Waals surface area (Å²) in [4.78, 5) is 24.3. The molecule has 0 bridgehead atoms. The van der Waals surface area contributed by atoms with Gasteiger partial charge in [0, 0.05) is 30.0 Å². The summed E-state index contributed by atoms with van der Waals surface area (Å²) in [6, 6.07) is 5.91. The largest absolute Gasteiger partial charge is 0.351 e. The Morgan fingerprint density at radius 2 is 2.20 bits per heavy atom.